The number of hydrogen-bond donors (Lipinski definition) is 2. The minimum atomic E-state index is -3.36. The molecule has 7 heteroatoms. The van der Waals surface area contributed by atoms with Gasteiger partial charge in [-0.25, -0.2) is 13.1 Å². The summed E-state index contributed by atoms with van der Waals surface area (Å²) in [4.78, 5) is 12.1. The second-order valence-corrected chi connectivity index (χ2v) is 7.81. The second kappa shape index (κ2) is 10.5. The summed E-state index contributed by atoms with van der Waals surface area (Å²) in [5, 5.41) is 2.87. The summed E-state index contributed by atoms with van der Waals surface area (Å²) < 4.78 is 25.7. The topological polar surface area (TPSA) is 75.3 Å². The lowest BCUT2D eigenvalue weighted by Gasteiger charge is -2.20. The average Bonchev–Trinajstić information content (AvgIpc) is 2.44. The first-order chi connectivity index (χ1) is 9.40. The molecule has 120 valence electrons. The van der Waals surface area contributed by atoms with E-state index in [1.807, 2.05) is 6.26 Å². The summed E-state index contributed by atoms with van der Waals surface area (Å²) in [6.45, 7) is 6.35. The summed E-state index contributed by atoms with van der Waals surface area (Å²) in [6.07, 6.45) is 4.46. The van der Waals surface area contributed by atoms with Crippen molar-refractivity contribution < 1.29 is 13.2 Å². The first kappa shape index (κ1) is 19.7. The Labute approximate surface area is 127 Å². The highest BCUT2D eigenvalue weighted by Gasteiger charge is 2.23. The number of amides is 1. The monoisotopic (exact) mass is 324 g/mol. The molecule has 20 heavy (non-hydrogen) atoms. The summed E-state index contributed by atoms with van der Waals surface area (Å²) >= 11 is 1.60. The summed E-state index contributed by atoms with van der Waals surface area (Å²) in [5.74, 6) is 0.962. The van der Waals surface area contributed by atoms with Crippen molar-refractivity contribution in [1.82, 2.24) is 10.0 Å². The quantitative estimate of drug-likeness (QED) is 0.605. The molecule has 0 aliphatic rings. The van der Waals surface area contributed by atoms with Gasteiger partial charge in [0.15, 0.2) is 0 Å². The molecular weight excluding hydrogens is 296 g/mol. The van der Waals surface area contributed by atoms with Gasteiger partial charge in [-0.3, -0.25) is 4.79 Å². The molecule has 0 heterocycles. The highest BCUT2D eigenvalue weighted by molar-refractivity contribution is 7.98. The zero-order valence-electron chi connectivity index (χ0n) is 12.9. The summed E-state index contributed by atoms with van der Waals surface area (Å²) in [7, 11) is -3.36. The zero-order chi connectivity index (χ0) is 15.6. The Morgan fingerprint density at radius 2 is 1.80 bits per heavy atom. The SMILES string of the molecule is CCC(CC)CNC(=O)C(CCSC)NS(=O)(=O)CC. The molecule has 0 saturated carbocycles. The van der Waals surface area contributed by atoms with Crippen LogP contribution in [0.15, 0.2) is 0 Å². The van der Waals surface area contributed by atoms with Crippen molar-refractivity contribution in [1.29, 1.82) is 0 Å². The predicted molar refractivity (Wildman–Crippen MR) is 86.5 cm³/mol. The van der Waals surface area contributed by atoms with Crippen LogP contribution in [-0.4, -0.2) is 44.7 Å². The van der Waals surface area contributed by atoms with Crippen LogP contribution in [0, 0.1) is 5.92 Å². The van der Waals surface area contributed by atoms with E-state index in [2.05, 4.69) is 23.9 Å². The van der Waals surface area contributed by atoms with Crippen LogP contribution < -0.4 is 10.0 Å². The van der Waals surface area contributed by atoms with Crippen molar-refractivity contribution in [2.75, 3.05) is 24.3 Å². The number of hydrogen-bond acceptors (Lipinski definition) is 4. The van der Waals surface area contributed by atoms with E-state index in [0.717, 1.165) is 18.6 Å². The highest BCUT2D eigenvalue weighted by atomic mass is 32.2. The number of carbonyl (C=O) groups excluding carboxylic acids is 1. The average molecular weight is 325 g/mol. The molecule has 0 saturated heterocycles. The van der Waals surface area contributed by atoms with Gasteiger partial charge in [0.1, 0.15) is 6.04 Å². The lowest BCUT2D eigenvalue weighted by molar-refractivity contribution is -0.122. The molecule has 0 fully saturated rings. The maximum atomic E-state index is 12.1. The third-order valence-electron chi connectivity index (χ3n) is 3.35. The Balaban J connectivity index is 4.56. The minimum absolute atomic E-state index is 0.0113. The zero-order valence-corrected chi connectivity index (χ0v) is 14.6. The molecule has 0 radical (unpaired) electrons. The fourth-order valence-corrected chi connectivity index (χ4v) is 3.02. The van der Waals surface area contributed by atoms with E-state index in [-0.39, 0.29) is 11.7 Å². The van der Waals surface area contributed by atoms with Gasteiger partial charge in [-0.1, -0.05) is 26.7 Å². The van der Waals surface area contributed by atoms with E-state index in [1.54, 1.807) is 18.7 Å². The maximum absolute atomic E-state index is 12.1. The van der Waals surface area contributed by atoms with Gasteiger partial charge in [-0.15, -0.1) is 0 Å². The van der Waals surface area contributed by atoms with Crippen LogP contribution in [0.5, 0.6) is 0 Å². The van der Waals surface area contributed by atoms with E-state index in [4.69, 9.17) is 0 Å². The lowest BCUT2D eigenvalue weighted by Crippen LogP contribution is -2.48. The summed E-state index contributed by atoms with van der Waals surface area (Å²) in [6, 6.07) is -0.665. The van der Waals surface area contributed by atoms with Crippen LogP contribution in [-0.2, 0) is 14.8 Å². The van der Waals surface area contributed by atoms with Crippen LogP contribution in [0.2, 0.25) is 0 Å². The Kier molecular flexibility index (Phi) is 10.3. The molecule has 0 aromatic rings. The molecule has 0 bridgehead atoms. The molecule has 0 spiro atoms. The maximum Gasteiger partial charge on any atom is 0.238 e. The first-order valence-corrected chi connectivity index (χ1v) is 10.2. The molecule has 2 N–H and O–H groups in total. The van der Waals surface area contributed by atoms with Crippen LogP contribution in [0.4, 0.5) is 0 Å². The van der Waals surface area contributed by atoms with Crippen molar-refractivity contribution in [2.24, 2.45) is 5.92 Å². The van der Waals surface area contributed by atoms with Crippen LogP contribution in [0.25, 0.3) is 0 Å². The van der Waals surface area contributed by atoms with Gasteiger partial charge in [-0.05, 0) is 31.3 Å². The smallest absolute Gasteiger partial charge is 0.238 e. The van der Waals surface area contributed by atoms with Gasteiger partial charge < -0.3 is 5.32 Å². The van der Waals surface area contributed by atoms with E-state index >= 15 is 0 Å². The number of carbonyl (C=O) groups is 1. The Morgan fingerprint density at radius 1 is 1.20 bits per heavy atom. The van der Waals surface area contributed by atoms with Crippen molar-refractivity contribution >= 4 is 27.7 Å². The third kappa shape index (κ3) is 8.11. The van der Waals surface area contributed by atoms with Crippen molar-refractivity contribution in [3.63, 3.8) is 0 Å². The Hall–Kier alpha value is -0.270. The van der Waals surface area contributed by atoms with Crippen LogP contribution in [0.3, 0.4) is 0 Å². The van der Waals surface area contributed by atoms with Crippen molar-refractivity contribution in [3.8, 4) is 0 Å². The van der Waals surface area contributed by atoms with Gasteiger partial charge in [-0.2, -0.15) is 11.8 Å². The predicted octanol–water partition coefficient (Wildman–Crippen LogP) is 1.60. The van der Waals surface area contributed by atoms with Gasteiger partial charge in [0.25, 0.3) is 0 Å². The largest absolute Gasteiger partial charge is 0.354 e. The standard InChI is InChI=1S/C13H28N2O3S2/c1-5-11(6-2)10-14-13(16)12(8-9-19-4)15-20(17,18)7-3/h11-12,15H,5-10H2,1-4H3,(H,14,16). The van der Waals surface area contributed by atoms with Crippen LogP contribution >= 0.6 is 11.8 Å². The fraction of sp³-hybridized carbons (Fsp3) is 0.923. The second-order valence-electron chi connectivity index (χ2n) is 4.78. The van der Waals surface area contributed by atoms with Gasteiger partial charge in [0, 0.05) is 6.54 Å². The first-order valence-electron chi connectivity index (χ1n) is 7.16. The van der Waals surface area contributed by atoms with Gasteiger partial charge in [0.2, 0.25) is 15.9 Å². The molecule has 0 rings (SSSR count). The van der Waals surface area contributed by atoms with Crippen molar-refractivity contribution in [2.45, 2.75) is 46.1 Å². The molecule has 1 amide bonds. The number of rotatable bonds is 11. The molecule has 5 nitrogen and oxygen atoms in total. The third-order valence-corrected chi connectivity index (χ3v) is 5.40. The van der Waals surface area contributed by atoms with Crippen molar-refractivity contribution in [3.05, 3.63) is 0 Å². The van der Waals surface area contributed by atoms with Gasteiger partial charge >= 0.3 is 0 Å². The highest BCUT2D eigenvalue weighted by Crippen LogP contribution is 2.07. The van der Waals surface area contributed by atoms with E-state index in [9.17, 15) is 13.2 Å². The van der Waals surface area contributed by atoms with Crippen LogP contribution in [0.1, 0.15) is 40.0 Å². The Morgan fingerprint density at radius 3 is 2.25 bits per heavy atom. The minimum Gasteiger partial charge on any atom is -0.354 e. The molecule has 1 unspecified atom stereocenters. The normalized spacial score (nSPS) is 13.4. The number of thioether (sulfide) groups is 1. The Bertz CT molecular complexity index is 368. The number of nitrogens with one attached hydrogen (secondary N) is 2. The molecule has 1 atom stereocenters. The fourth-order valence-electron chi connectivity index (χ4n) is 1.72. The van der Waals surface area contributed by atoms with E-state index in [1.165, 1.54) is 0 Å². The van der Waals surface area contributed by atoms with E-state index < -0.39 is 16.1 Å². The molecular formula is C13H28N2O3S2. The van der Waals surface area contributed by atoms with E-state index in [0.29, 0.717) is 18.9 Å². The molecule has 0 aliphatic carbocycles. The number of sulfonamides is 1. The molecule has 0 aromatic carbocycles. The lowest BCUT2D eigenvalue weighted by atomic mass is 10.0. The molecule has 0 aliphatic heterocycles. The molecule has 0 aromatic heterocycles. The van der Waals surface area contributed by atoms with Gasteiger partial charge in [0.05, 0.1) is 5.75 Å². The summed E-state index contributed by atoms with van der Waals surface area (Å²) in [5.41, 5.74) is 0.